The molecule has 0 aliphatic rings. The standard InChI is InChI=1S/C21H20N6O4S/c1-3-4-5-6-7-8-15-11-16(14-22-13-15)20-23-24-21(25(20)2)32-19-10-9-17(26(28)29)12-18(19)27(30)31/h9-14H,3-6H2,1-2H3. The van der Waals surface area contributed by atoms with Crippen LogP contribution in [0.5, 0.6) is 0 Å². The van der Waals surface area contributed by atoms with Crippen LogP contribution in [0.2, 0.25) is 0 Å². The molecule has 11 heteroatoms. The molecule has 0 aliphatic carbocycles. The third kappa shape index (κ3) is 5.47. The van der Waals surface area contributed by atoms with Gasteiger partial charge in [0.25, 0.3) is 11.4 Å². The third-order valence-electron chi connectivity index (χ3n) is 4.52. The van der Waals surface area contributed by atoms with Gasteiger partial charge >= 0.3 is 0 Å². The number of non-ortho nitro benzene ring substituents is 1. The Balaban J connectivity index is 1.84. The summed E-state index contributed by atoms with van der Waals surface area (Å²) in [6.45, 7) is 2.15. The zero-order valence-corrected chi connectivity index (χ0v) is 18.3. The van der Waals surface area contributed by atoms with Gasteiger partial charge in [-0.1, -0.05) is 31.6 Å². The fourth-order valence-corrected chi connectivity index (χ4v) is 3.74. The first-order chi connectivity index (χ1) is 15.4. The lowest BCUT2D eigenvalue weighted by atomic mass is 10.1. The van der Waals surface area contributed by atoms with Crippen molar-refractivity contribution in [2.75, 3.05) is 0 Å². The van der Waals surface area contributed by atoms with E-state index in [1.54, 1.807) is 24.0 Å². The summed E-state index contributed by atoms with van der Waals surface area (Å²) in [5.74, 6) is 6.78. The van der Waals surface area contributed by atoms with Crippen LogP contribution < -0.4 is 0 Å². The van der Waals surface area contributed by atoms with E-state index in [0.29, 0.717) is 16.5 Å². The molecule has 3 rings (SSSR count). The molecular formula is C21H20N6O4S. The average Bonchev–Trinajstić information content (AvgIpc) is 3.14. The maximum atomic E-state index is 11.4. The van der Waals surface area contributed by atoms with E-state index in [0.717, 1.165) is 49.1 Å². The van der Waals surface area contributed by atoms with Crippen LogP contribution in [0, 0.1) is 32.1 Å². The summed E-state index contributed by atoms with van der Waals surface area (Å²) < 4.78 is 1.69. The molecule has 164 valence electrons. The van der Waals surface area contributed by atoms with Gasteiger partial charge in [-0.2, -0.15) is 0 Å². The SMILES string of the molecule is CCCCCC#Cc1cncc(-c2nnc(Sc3ccc([N+](=O)[O-])cc3[N+](=O)[O-])n2C)c1. The van der Waals surface area contributed by atoms with Gasteiger partial charge in [-0.25, -0.2) is 0 Å². The van der Waals surface area contributed by atoms with Gasteiger partial charge in [0.1, 0.15) is 0 Å². The van der Waals surface area contributed by atoms with E-state index in [9.17, 15) is 20.2 Å². The summed E-state index contributed by atoms with van der Waals surface area (Å²) >= 11 is 1.01. The predicted octanol–water partition coefficient (Wildman–Crippen LogP) is 4.78. The Hall–Kier alpha value is -3.78. The molecule has 0 amide bonds. The molecule has 3 aromatic rings. The van der Waals surface area contributed by atoms with Crippen LogP contribution in [0.25, 0.3) is 11.4 Å². The second kappa shape index (κ2) is 10.5. The van der Waals surface area contributed by atoms with Crippen molar-refractivity contribution in [2.45, 2.75) is 42.7 Å². The highest BCUT2D eigenvalue weighted by Gasteiger charge is 2.22. The van der Waals surface area contributed by atoms with E-state index >= 15 is 0 Å². The van der Waals surface area contributed by atoms with E-state index in [-0.39, 0.29) is 16.3 Å². The number of nitro benzene ring substituents is 2. The van der Waals surface area contributed by atoms with Crippen LogP contribution in [0.4, 0.5) is 11.4 Å². The molecule has 0 saturated carbocycles. The number of nitro groups is 2. The molecule has 0 N–H and O–H groups in total. The van der Waals surface area contributed by atoms with Crippen LogP contribution in [-0.4, -0.2) is 29.6 Å². The van der Waals surface area contributed by atoms with Gasteiger partial charge in [-0.3, -0.25) is 25.2 Å². The first-order valence-corrected chi connectivity index (χ1v) is 10.7. The van der Waals surface area contributed by atoms with Crippen molar-refractivity contribution < 1.29 is 9.85 Å². The number of unbranched alkanes of at least 4 members (excludes halogenated alkanes) is 3. The van der Waals surface area contributed by atoms with Crippen molar-refractivity contribution in [3.8, 4) is 23.2 Å². The molecule has 2 heterocycles. The summed E-state index contributed by atoms with van der Waals surface area (Å²) in [7, 11) is 1.73. The van der Waals surface area contributed by atoms with Gasteiger partial charge in [0, 0.05) is 43.1 Å². The van der Waals surface area contributed by atoms with Crippen molar-refractivity contribution in [3.05, 3.63) is 62.5 Å². The lowest BCUT2D eigenvalue weighted by Gasteiger charge is -2.05. The molecule has 0 radical (unpaired) electrons. The third-order valence-corrected chi connectivity index (χ3v) is 5.62. The Morgan fingerprint density at radius 1 is 1.09 bits per heavy atom. The molecule has 2 aromatic heterocycles. The first kappa shape index (κ1) is 22.9. The predicted molar refractivity (Wildman–Crippen MR) is 119 cm³/mol. The van der Waals surface area contributed by atoms with E-state index in [2.05, 4.69) is 33.9 Å². The monoisotopic (exact) mass is 452 g/mol. The van der Waals surface area contributed by atoms with Crippen molar-refractivity contribution in [1.29, 1.82) is 0 Å². The quantitative estimate of drug-likeness (QED) is 0.207. The largest absolute Gasteiger partial charge is 0.305 e. The first-order valence-electron chi connectivity index (χ1n) is 9.85. The van der Waals surface area contributed by atoms with Crippen LogP contribution in [0.1, 0.15) is 38.2 Å². The van der Waals surface area contributed by atoms with E-state index in [1.165, 1.54) is 12.1 Å². The molecule has 10 nitrogen and oxygen atoms in total. The van der Waals surface area contributed by atoms with Crippen molar-refractivity contribution in [1.82, 2.24) is 19.7 Å². The number of pyridine rings is 1. The van der Waals surface area contributed by atoms with Gasteiger partial charge in [0.05, 0.1) is 20.8 Å². The smallest absolute Gasteiger partial charge is 0.290 e. The number of aromatic nitrogens is 4. The summed E-state index contributed by atoms with van der Waals surface area (Å²) in [4.78, 5) is 25.5. The fourth-order valence-electron chi connectivity index (χ4n) is 2.86. The van der Waals surface area contributed by atoms with Crippen LogP contribution in [0.15, 0.2) is 46.7 Å². The highest BCUT2D eigenvalue weighted by Crippen LogP contribution is 2.36. The van der Waals surface area contributed by atoms with Crippen molar-refractivity contribution in [2.24, 2.45) is 7.05 Å². The molecule has 0 spiro atoms. The minimum absolute atomic E-state index is 0.229. The number of hydrogen-bond donors (Lipinski definition) is 0. The molecule has 0 bridgehead atoms. The molecule has 0 fully saturated rings. The summed E-state index contributed by atoms with van der Waals surface area (Å²) in [6, 6.07) is 5.36. The molecule has 0 unspecified atom stereocenters. The van der Waals surface area contributed by atoms with Crippen LogP contribution >= 0.6 is 11.8 Å². The number of rotatable bonds is 8. The molecule has 0 aliphatic heterocycles. The highest BCUT2D eigenvalue weighted by molar-refractivity contribution is 7.99. The molecular weight excluding hydrogens is 432 g/mol. The second-order valence-electron chi connectivity index (χ2n) is 6.85. The van der Waals surface area contributed by atoms with Crippen molar-refractivity contribution >= 4 is 23.1 Å². The lowest BCUT2D eigenvalue weighted by molar-refractivity contribution is -0.396. The van der Waals surface area contributed by atoms with E-state index in [4.69, 9.17) is 0 Å². The molecule has 32 heavy (non-hydrogen) atoms. The van der Waals surface area contributed by atoms with Gasteiger partial charge in [0.2, 0.25) is 0 Å². The summed E-state index contributed by atoms with van der Waals surface area (Å²) in [5, 5.41) is 31.0. The van der Waals surface area contributed by atoms with Gasteiger partial charge in [0.15, 0.2) is 11.0 Å². The maximum Gasteiger partial charge on any atom is 0.290 e. The topological polar surface area (TPSA) is 130 Å². The second-order valence-corrected chi connectivity index (χ2v) is 7.86. The fraction of sp³-hybridized carbons (Fsp3) is 0.286. The Kier molecular flexibility index (Phi) is 7.51. The van der Waals surface area contributed by atoms with E-state index < -0.39 is 9.85 Å². The number of benzene rings is 1. The highest BCUT2D eigenvalue weighted by atomic mass is 32.2. The maximum absolute atomic E-state index is 11.4. The Bertz CT molecular complexity index is 1210. The number of nitrogens with zero attached hydrogens (tertiary/aromatic N) is 6. The average molecular weight is 452 g/mol. The zero-order valence-electron chi connectivity index (χ0n) is 17.5. The van der Waals surface area contributed by atoms with Crippen LogP contribution in [0.3, 0.4) is 0 Å². The summed E-state index contributed by atoms with van der Waals surface area (Å²) in [6.07, 6.45) is 7.53. The number of hydrogen-bond acceptors (Lipinski definition) is 8. The molecule has 0 atom stereocenters. The van der Waals surface area contributed by atoms with Gasteiger partial charge < -0.3 is 4.57 Å². The minimum Gasteiger partial charge on any atom is -0.305 e. The lowest BCUT2D eigenvalue weighted by Crippen LogP contribution is -1.97. The van der Waals surface area contributed by atoms with Crippen molar-refractivity contribution in [3.63, 3.8) is 0 Å². The Morgan fingerprint density at radius 2 is 1.91 bits per heavy atom. The summed E-state index contributed by atoms with van der Waals surface area (Å²) in [5.41, 5.74) is 0.766. The molecule has 1 aromatic carbocycles. The molecule has 0 saturated heterocycles. The zero-order chi connectivity index (χ0) is 23.1. The van der Waals surface area contributed by atoms with Gasteiger partial charge in [-0.05, 0) is 30.3 Å². The Morgan fingerprint density at radius 3 is 2.62 bits per heavy atom. The normalized spacial score (nSPS) is 10.4. The van der Waals surface area contributed by atoms with E-state index in [1.807, 2.05) is 6.07 Å². The van der Waals surface area contributed by atoms with Crippen LogP contribution in [-0.2, 0) is 7.05 Å². The van der Waals surface area contributed by atoms with Gasteiger partial charge in [-0.15, -0.1) is 10.2 Å². The minimum atomic E-state index is -0.672. The Labute approximate surface area is 188 Å².